The maximum atomic E-state index is 13.3. The van der Waals surface area contributed by atoms with Crippen LogP contribution in [0.3, 0.4) is 0 Å². The van der Waals surface area contributed by atoms with Crippen molar-refractivity contribution in [1.82, 2.24) is 0 Å². The highest BCUT2D eigenvalue weighted by atomic mass is 35.5. The minimum Gasteiger partial charge on any atom is -0.483 e. The number of anilines is 1. The third-order valence-electron chi connectivity index (χ3n) is 3.66. The lowest BCUT2D eigenvalue weighted by Crippen LogP contribution is -2.20. The highest BCUT2D eigenvalue weighted by molar-refractivity contribution is 6.35. The van der Waals surface area contributed by atoms with E-state index in [1.54, 1.807) is 25.1 Å². The average Bonchev–Trinajstić information content (AvgIpc) is 2.58. The summed E-state index contributed by atoms with van der Waals surface area (Å²) in [4.78, 5) is 12.1. The number of hydrogen-bond acceptors (Lipinski definition) is 2. The van der Waals surface area contributed by atoms with Crippen molar-refractivity contribution in [3.8, 4) is 5.75 Å². The Morgan fingerprint density at radius 3 is 2.67 bits per heavy atom. The second-order valence-electron chi connectivity index (χ2n) is 5.39. The first kappa shape index (κ1) is 16.3. The summed E-state index contributed by atoms with van der Waals surface area (Å²) in [5.41, 5.74) is 1.21. The summed E-state index contributed by atoms with van der Waals surface area (Å²) in [7, 11) is 0. The predicted octanol–water partition coefficient (Wildman–Crippen LogP) is 4.96. The molecular formula is C19H15ClFNO2. The predicted molar refractivity (Wildman–Crippen MR) is 94.2 cm³/mol. The molecule has 3 aromatic rings. The van der Waals surface area contributed by atoms with Gasteiger partial charge >= 0.3 is 0 Å². The lowest BCUT2D eigenvalue weighted by molar-refractivity contribution is -0.118. The van der Waals surface area contributed by atoms with E-state index in [9.17, 15) is 9.18 Å². The molecule has 0 aliphatic carbocycles. The normalized spacial score (nSPS) is 10.6. The number of hydrogen-bond donors (Lipinski definition) is 1. The van der Waals surface area contributed by atoms with Crippen LogP contribution in [0.4, 0.5) is 10.1 Å². The summed E-state index contributed by atoms with van der Waals surface area (Å²) >= 11 is 6.16. The molecular weight excluding hydrogens is 329 g/mol. The molecule has 0 heterocycles. The molecule has 5 heteroatoms. The van der Waals surface area contributed by atoms with E-state index in [-0.39, 0.29) is 12.5 Å². The first-order valence-corrected chi connectivity index (χ1v) is 7.78. The molecule has 0 spiro atoms. The lowest BCUT2D eigenvalue weighted by atomic mass is 10.1. The van der Waals surface area contributed by atoms with Crippen molar-refractivity contribution < 1.29 is 13.9 Å². The molecule has 0 aliphatic heterocycles. The molecule has 0 aliphatic rings. The van der Waals surface area contributed by atoms with Gasteiger partial charge in [0.2, 0.25) is 0 Å². The van der Waals surface area contributed by atoms with Gasteiger partial charge in [-0.25, -0.2) is 4.39 Å². The first-order valence-electron chi connectivity index (χ1n) is 7.40. The summed E-state index contributed by atoms with van der Waals surface area (Å²) < 4.78 is 18.9. The Morgan fingerprint density at radius 2 is 1.88 bits per heavy atom. The molecule has 1 N–H and O–H groups in total. The molecule has 0 saturated carbocycles. The highest BCUT2D eigenvalue weighted by Crippen LogP contribution is 2.31. The van der Waals surface area contributed by atoms with Crippen molar-refractivity contribution in [2.45, 2.75) is 6.92 Å². The molecule has 0 radical (unpaired) electrons. The first-order chi connectivity index (χ1) is 11.5. The summed E-state index contributed by atoms with van der Waals surface area (Å²) in [6.07, 6.45) is 0. The van der Waals surface area contributed by atoms with Gasteiger partial charge in [0.15, 0.2) is 6.61 Å². The van der Waals surface area contributed by atoms with Gasteiger partial charge in [0.25, 0.3) is 5.91 Å². The van der Waals surface area contributed by atoms with Gasteiger partial charge in [-0.3, -0.25) is 4.79 Å². The van der Waals surface area contributed by atoms with E-state index in [1.165, 1.54) is 12.1 Å². The van der Waals surface area contributed by atoms with Gasteiger partial charge in [-0.1, -0.05) is 41.9 Å². The molecule has 3 aromatic carbocycles. The van der Waals surface area contributed by atoms with Crippen LogP contribution < -0.4 is 10.1 Å². The molecule has 3 nitrogen and oxygen atoms in total. The molecule has 0 unspecified atom stereocenters. The number of fused-ring (bicyclic) bond motifs is 1. The van der Waals surface area contributed by atoms with Gasteiger partial charge in [0, 0.05) is 21.5 Å². The number of rotatable bonds is 4. The zero-order valence-electron chi connectivity index (χ0n) is 13.0. The topological polar surface area (TPSA) is 38.3 Å². The maximum Gasteiger partial charge on any atom is 0.262 e. The van der Waals surface area contributed by atoms with Crippen molar-refractivity contribution in [2.24, 2.45) is 0 Å². The van der Waals surface area contributed by atoms with Crippen LogP contribution in [0.5, 0.6) is 5.75 Å². The molecule has 0 saturated heterocycles. The van der Waals surface area contributed by atoms with Crippen molar-refractivity contribution in [1.29, 1.82) is 0 Å². The van der Waals surface area contributed by atoms with E-state index in [0.29, 0.717) is 16.5 Å². The van der Waals surface area contributed by atoms with Gasteiger partial charge in [-0.2, -0.15) is 0 Å². The van der Waals surface area contributed by atoms with E-state index in [1.807, 2.05) is 24.3 Å². The summed E-state index contributed by atoms with van der Waals surface area (Å²) in [5.74, 6) is -0.190. The average molecular weight is 344 g/mol. The van der Waals surface area contributed by atoms with Crippen LogP contribution in [0.15, 0.2) is 54.6 Å². The Morgan fingerprint density at radius 1 is 1.12 bits per heavy atom. The van der Waals surface area contributed by atoms with Crippen LogP contribution in [0.25, 0.3) is 10.8 Å². The van der Waals surface area contributed by atoms with E-state index < -0.39 is 5.82 Å². The van der Waals surface area contributed by atoms with Gasteiger partial charge in [-0.15, -0.1) is 0 Å². The zero-order chi connectivity index (χ0) is 17.1. The van der Waals surface area contributed by atoms with E-state index in [4.69, 9.17) is 16.3 Å². The minimum absolute atomic E-state index is 0.179. The smallest absolute Gasteiger partial charge is 0.262 e. The Balaban J connectivity index is 1.73. The molecule has 0 aromatic heterocycles. The third kappa shape index (κ3) is 3.49. The largest absolute Gasteiger partial charge is 0.483 e. The summed E-state index contributed by atoms with van der Waals surface area (Å²) in [6.45, 7) is 1.62. The van der Waals surface area contributed by atoms with Crippen molar-refractivity contribution in [3.05, 3.63) is 71.0 Å². The van der Waals surface area contributed by atoms with Crippen LogP contribution in [0, 0.1) is 12.7 Å². The van der Waals surface area contributed by atoms with Gasteiger partial charge in [0.05, 0.1) is 0 Å². The number of carbonyl (C=O) groups excluding carboxylic acids is 1. The molecule has 0 bridgehead atoms. The minimum atomic E-state index is -0.402. The monoisotopic (exact) mass is 343 g/mol. The van der Waals surface area contributed by atoms with Crippen LogP contribution in [-0.4, -0.2) is 12.5 Å². The standard InChI is InChI=1S/C19H15ClFNO2/c1-12-6-7-13(21)10-17(12)22-19(23)11-24-18-9-8-16(20)14-4-2-3-5-15(14)18/h2-10H,11H2,1H3,(H,22,23). The molecule has 24 heavy (non-hydrogen) atoms. The molecule has 0 atom stereocenters. The Bertz CT molecular complexity index is 911. The van der Waals surface area contributed by atoms with E-state index in [0.717, 1.165) is 16.3 Å². The van der Waals surface area contributed by atoms with Gasteiger partial charge in [-0.05, 0) is 36.8 Å². The number of halogens is 2. The molecule has 0 fully saturated rings. The van der Waals surface area contributed by atoms with Crippen LogP contribution in [-0.2, 0) is 4.79 Å². The van der Waals surface area contributed by atoms with Crippen molar-refractivity contribution in [3.63, 3.8) is 0 Å². The fraction of sp³-hybridized carbons (Fsp3) is 0.105. The number of amides is 1. The van der Waals surface area contributed by atoms with E-state index >= 15 is 0 Å². The molecule has 122 valence electrons. The van der Waals surface area contributed by atoms with Gasteiger partial charge in [0.1, 0.15) is 11.6 Å². The number of benzene rings is 3. The Hall–Kier alpha value is -2.59. The molecule has 1 amide bonds. The van der Waals surface area contributed by atoms with Crippen LogP contribution in [0.1, 0.15) is 5.56 Å². The lowest BCUT2D eigenvalue weighted by Gasteiger charge is -2.12. The SMILES string of the molecule is Cc1ccc(F)cc1NC(=O)COc1ccc(Cl)c2ccccc12. The Kier molecular flexibility index (Phi) is 4.67. The maximum absolute atomic E-state index is 13.3. The second kappa shape index (κ2) is 6.89. The second-order valence-corrected chi connectivity index (χ2v) is 5.79. The number of aryl methyl sites for hydroxylation is 1. The number of nitrogens with one attached hydrogen (secondary N) is 1. The fourth-order valence-electron chi connectivity index (χ4n) is 2.42. The van der Waals surface area contributed by atoms with Crippen LogP contribution in [0.2, 0.25) is 5.02 Å². The number of ether oxygens (including phenoxy) is 1. The zero-order valence-corrected chi connectivity index (χ0v) is 13.7. The van der Waals surface area contributed by atoms with Crippen molar-refractivity contribution >= 4 is 34.0 Å². The highest BCUT2D eigenvalue weighted by Gasteiger charge is 2.09. The number of carbonyl (C=O) groups is 1. The van der Waals surface area contributed by atoms with Crippen molar-refractivity contribution in [2.75, 3.05) is 11.9 Å². The fourth-order valence-corrected chi connectivity index (χ4v) is 2.65. The quantitative estimate of drug-likeness (QED) is 0.727. The third-order valence-corrected chi connectivity index (χ3v) is 3.99. The summed E-state index contributed by atoms with van der Waals surface area (Å²) in [5, 5.41) is 4.97. The Labute approximate surface area is 144 Å². The van der Waals surface area contributed by atoms with E-state index in [2.05, 4.69) is 5.32 Å². The summed E-state index contributed by atoms with van der Waals surface area (Å²) in [6, 6.07) is 15.2. The van der Waals surface area contributed by atoms with Crippen LogP contribution >= 0.6 is 11.6 Å². The molecule has 3 rings (SSSR count). The van der Waals surface area contributed by atoms with Gasteiger partial charge < -0.3 is 10.1 Å².